The molecule has 82 valence electrons. The minimum atomic E-state index is -0.301. The van der Waals surface area contributed by atoms with Crippen molar-refractivity contribution in [3.63, 3.8) is 0 Å². The van der Waals surface area contributed by atoms with Gasteiger partial charge in [-0.05, 0) is 0 Å². The van der Waals surface area contributed by atoms with Crippen LogP contribution in [0.25, 0.3) is 0 Å². The van der Waals surface area contributed by atoms with Gasteiger partial charge in [0.05, 0.1) is 6.33 Å². The average molecular weight is 236 g/mol. The van der Waals surface area contributed by atoms with Crippen LogP contribution in [-0.4, -0.2) is 20.4 Å². The Hall–Kier alpha value is -2.02. The number of nitrogens with zero attached hydrogens (tertiary/aromatic N) is 3. The molecule has 1 amide bonds. The molecule has 0 atom stereocenters. The first-order valence-electron chi connectivity index (χ1n) is 4.45. The number of hydrogen-bond donors (Lipinski definition) is 1. The topological polar surface area (TPSA) is 76.9 Å². The summed E-state index contributed by atoms with van der Waals surface area (Å²) >= 11 is 1.32. The Balaban J connectivity index is 2.03. The van der Waals surface area contributed by atoms with Crippen molar-refractivity contribution in [2.75, 3.05) is 5.32 Å². The maximum Gasteiger partial charge on any atom is 0.253 e. The van der Waals surface area contributed by atoms with Gasteiger partial charge in [-0.3, -0.25) is 14.2 Å². The largest absolute Gasteiger partial charge is 0.300 e. The average Bonchev–Trinajstić information content (AvgIpc) is 2.74. The van der Waals surface area contributed by atoms with Crippen LogP contribution >= 0.6 is 11.3 Å². The molecule has 0 saturated carbocycles. The summed E-state index contributed by atoms with van der Waals surface area (Å²) < 4.78 is 1.23. The smallest absolute Gasteiger partial charge is 0.253 e. The van der Waals surface area contributed by atoms with Crippen LogP contribution < -0.4 is 10.9 Å². The highest BCUT2D eigenvalue weighted by Crippen LogP contribution is 2.09. The van der Waals surface area contributed by atoms with Gasteiger partial charge in [0.1, 0.15) is 6.54 Å². The van der Waals surface area contributed by atoms with Crippen molar-refractivity contribution in [3.05, 3.63) is 40.5 Å². The summed E-state index contributed by atoms with van der Waals surface area (Å²) in [6.45, 7) is -0.0632. The van der Waals surface area contributed by atoms with Crippen LogP contribution in [0.2, 0.25) is 0 Å². The molecule has 0 saturated heterocycles. The highest BCUT2D eigenvalue weighted by atomic mass is 32.1. The van der Waals surface area contributed by atoms with Crippen molar-refractivity contribution >= 4 is 22.4 Å². The van der Waals surface area contributed by atoms with Gasteiger partial charge < -0.3 is 5.32 Å². The molecule has 0 bridgehead atoms. The van der Waals surface area contributed by atoms with Gasteiger partial charge >= 0.3 is 0 Å². The molecule has 0 unspecified atom stereocenters. The predicted molar refractivity (Wildman–Crippen MR) is 59.2 cm³/mol. The minimum absolute atomic E-state index is 0.0632. The van der Waals surface area contributed by atoms with Crippen LogP contribution in [-0.2, 0) is 11.3 Å². The first-order chi connectivity index (χ1) is 7.75. The molecule has 16 heavy (non-hydrogen) atoms. The van der Waals surface area contributed by atoms with Crippen LogP contribution in [0.15, 0.2) is 35.0 Å². The van der Waals surface area contributed by atoms with Crippen molar-refractivity contribution < 1.29 is 4.79 Å². The fourth-order valence-corrected chi connectivity index (χ4v) is 1.64. The molecule has 2 rings (SSSR count). The van der Waals surface area contributed by atoms with E-state index in [1.54, 1.807) is 11.6 Å². The summed E-state index contributed by atoms with van der Waals surface area (Å²) in [4.78, 5) is 30.5. The minimum Gasteiger partial charge on any atom is -0.300 e. The zero-order chi connectivity index (χ0) is 11.4. The molecule has 2 aromatic rings. The molecule has 1 N–H and O–H groups in total. The monoisotopic (exact) mass is 236 g/mol. The molecule has 0 spiro atoms. The molecule has 0 aliphatic carbocycles. The van der Waals surface area contributed by atoms with Crippen molar-refractivity contribution in [1.82, 2.24) is 14.5 Å². The third kappa shape index (κ3) is 2.51. The zero-order valence-corrected chi connectivity index (χ0v) is 8.98. The Labute approximate surface area is 94.6 Å². The lowest BCUT2D eigenvalue weighted by Crippen LogP contribution is -2.26. The fraction of sp³-hybridized carbons (Fsp3) is 0.111. The van der Waals surface area contributed by atoms with Crippen LogP contribution in [0, 0.1) is 0 Å². The Morgan fingerprint density at radius 2 is 2.38 bits per heavy atom. The molecular weight excluding hydrogens is 228 g/mol. The zero-order valence-electron chi connectivity index (χ0n) is 8.16. The van der Waals surface area contributed by atoms with Gasteiger partial charge in [0, 0.05) is 23.8 Å². The Kier molecular flexibility index (Phi) is 3.06. The molecule has 6 nitrogen and oxygen atoms in total. The van der Waals surface area contributed by atoms with Crippen molar-refractivity contribution in [2.45, 2.75) is 6.54 Å². The maximum atomic E-state index is 11.5. The predicted octanol–water partition coefficient (Wildman–Crippen LogP) is 0.338. The van der Waals surface area contributed by atoms with Gasteiger partial charge in [-0.25, -0.2) is 9.97 Å². The van der Waals surface area contributed by atoms with E-state index in [0.717, 1.165) is 0 Å². The number of thiazole rings is 1. The Bertz CT molecular complexity index is 534. The second kappa shape index (κ2) is 4.67. The summed E-state index contributed by atoms with van der Waals surface area (Å²) in [6, 6.07) is 1.30. The van der Waals surface area contributed by atoms with Crippen molar-refractivity contribution in [3.8, 4) is 0 Å². The van der Waals surface area contributed by atoms with E-state index < -0.39 is 0 Å². The standard InChI is InChI=1S/C9H8N4O2S/c14-7(12-9-11-3-4-16-9)5-13-6-10-2-1-8(13)15/h1-4,6H,5H2,(H,11,12,14). The molecule has 7 heteroatoms. The van der Waals surface area contributed by atoms with Gasteiger partial charge in [-0.2, -0.15) is 0 Å². The quantitative estimate of drug-likeness (QED) is 0.833. The first-order valence-corrected chi connectivity index (χ1v) is 5.33. The molecule has 2 aromatic heterocycles. The van der Waals surface area contributed by atoms with Gasteiger partial charge in [0.2, 0.25) is 5.91 Å². The van der Waals surface area contributed by atoms with E-state index in [1.165, 1.54) is 34.5 Å². The van der Waals surface area contributed by atoms with Gasteiger partial charge in [-0.1, -0.05) is 0 Å². The lowest BCUT2D eigenvalue weighted by Gasteiger charge is -2.03. The number of carbonyl (C=O) groups excluding carboxylic acids is 1. The fourth-order valence-electron chi connectivity index (χ4n) is 1.10. The normalized spacial score (nSPS) is 10.0. The molecule has 0 radical (unpaired) electrons. The highest BCUT2D eigenvalue weighted by Gasteiger charge is 2.05. The molecule has 0 aliphatic rings. The lowest BCUT2D eigenvalue weighted by molar-refractivity contribution is -0.116. The summed E-state index contributed by atoms with van der Waals surface area (Å²) in [5, 5.41) is 4.85. The summed E-state index contributed by atoms with van der Waals surface area (Å²) in [7, 11) is 0. The summed E-state index contributed by atoms with van der Waals surface area (Å²) in [6.07, 6.45) is 4.30. The molecule has 0 aromatic carbocycles. The van der Waals surface area contributed by atoms with Crippen LogP contribution in [0.5, 0.6) is 0 Å². The van der Waals surface area contributed by atoms with Crippen LogP contribution in [0.4, 0.5) is 5.13 Å². The number of nitrogens with one attached hydrogen (secondary N) is 1. The third-order valence-electron chi connectivity index (χ3n) is 1.78. The summed E-state index contributed by atoms with van der Waals surface area (Å²) in [5.41, 5.74) is -0.260. The second-order valence-electron chi connectivity index (χ2n) is 2.93. The number of hydrogen-bond acceptors (Lipinski definition) is 5. The van der Waals surface area contributed by atoms with Crippen molar-refractivity contribution in [2.24, 2.45) is 0 Å². The van der Waals surface area contributed by atoms with E-state index in [9.17, 15) is 9.59 Å². The van der Waals surface area contributed by atoms with Crippen molar-refractivity contribution in [1.29, 1.82) is 0 Å². The second-order valence-corrected chi connectivity index (χ2v) is 3.83. The van der Waals surface area contributed by atoms with E-state index in [0.29, 0.717) is 5.13 Å². The Morgan fingerprint density at radius 3 is 3.06 bits per heavy atom. The van der Waals surface area contributed by atoms with E-state index >= 15 is 0 Å². The number of rotatable bonds is 3. The van der Waals surface area contributed by atoms with Crippen LogP contribution in [0.3, 0.4) is 0 Å². The number of amides is 1. The SMILES string of the molecule is O=C(Cn1cnccc1=O)Nc1nccs1. The number of anilines is 1. The molecule has 2 heterocycles. The molecule has 0 fully saturated rings. The van der Waals surface area contributed by atoms with Gasteiger partial charge in [0.15, 0.2) is 5.13 Å². The highest BCUT2D eigenvalue weighted by molar-refractivity contribution is 7.13. The van der Waals surface area contributed by atoms with E-state index in [1.807, 2.05) is 0 Å². The van der Waals surface area contributed by atoms with Crippen LogP contribution in [0.1, 0.15) is 0 Å². The Morgan fingerprint density at radius 1 is 1.50 bits per heavy atom. The van der Waals surface area contributed by atoms with Gasteiger partial charge in [-0.15, -0.1) is 11.3 Å². The first kappa shape index (κ1) is 10.5. The van der Waals surface area contributed by atoms with E-state index in [4.69, 9.17) is 0 Å². The number of carbonyl (C=O) groups is 1. The third-order valence-corrected chi connectivity index (χ3v) is 2.47. The van der Waals surface area contributed by atoms with Gasteiger partial charge in [0.25, 0.3) is 5.56 Å². The summed E-state index contributed by atoms with van der Waals surface area (Å²) in [5.74, 6) is -0.301. The lowest BCUT2D eigenvalue weighted by atomic mass is 10.5. The van der Waals surface area contributed by atoms with E-state index in [-0.39, 0.29) is 18.0 Å². The van der Waals surface area contributed by atoms with E-state index in [2.05, 4.69) is 15.3 Å². The number of aromatic nitrogens is 3. The maximum absolute atomic E-state index is 11.5. The molecule has 0 aliphatic heterocycles. The molecular formula is C9H8N4O2S.